The van der Waals surface area contributed by atoms with Crippen molar-refractivity contribution in [1.29, 1.82) is 0 Å². The van der Waals surface area contributed by atoms with Gasteiger partial charge in [0.2, 0.25) is 0 Å². The van der Waals surface area contributed by atoms with Crippen LogP contribution in [0.15, 0.2) is 24.3 Å². The van der Waals surface area contributed by atoms with Gasteiger partial charge in [0, 0.05) is 12.1 Å². The van der Waals surface area contributed by atoms with Gasteiger partial charge in [-0.05, 0) is 41.2 Å². The number of hydrogen-bond donors (Lipinski definition) is 1. The first-order valence-electron chi connectivity index (χ1n) is 6.66. The summed E-state index contributed by atoms with van der Waals surface area (Å²) >= 11 is 1.11. The van der Waals surface area contributed by atoms with Gasteiger partial charge in [-0.3, -0.25) is 4.79 Å². The van der Waals surface area contributed by atoms with Crippen molar-refractivity contribution in [3.8, 4) is 17.0 Å². The summed E-state index contributed by atoms with van der Waals surface area (Å²) in [6.45, 7) is 6.82. The lowest BCUT2D eigenvalue weighted by molar-refractivity contribution is 0.0944. The summed E-state index contributed by atoms with van der Waals surface area (Å²) in [6.07, 6.45) is 0. The maximum Gasteiger partial charge on any atom is 0.265 e. The van der Waals surface area contributed by atoms with Crippen LogP contribution in [0.3, 0.4) is 0 Å². The number of rotatable bonds is 4. The SMILES string of the molecule is COc1ccc(-c2nnsc2C(=O)NCC(C)(C)C)cc1. The lowest BCUT2D eigenvalue weighted by atomic mass is 9.97. The third-order valence-electron chi connectivity index (χ3n) is 2.84. The first kappa shape index (κ1) is 15.4. The monoisotopic (exact) mass is 305 g/mol. The van der Waals surface area contributed by atoms with Crippen LogP contribution in [-0.4, -0.2) is 29.1 Å². The van der Waals surface area contributed by atoms with Crippen LogP contribution in [0.2, 0.25) is 0 Å². The molecule has 2 aromatic rings. The van der Waals surface area contributed by atoms with Crippen molar-refractivity contribution < 1.29 is 9.53 Å². The smallest absolute Gasteiger partial charge is 0.265 e. The fourth-order valence-corrected chi connectivity index (χ4v) is 2.31. The molecule has 0 radical (unpaired) electrons. The second kappa shape index (κ2) is 6.22. The minimum atomic E-state index is -0.134. The highest BCUT2D eigenvalue weighted by molar-refractivity contribution is 7.08. The van der Waals surface area contributed by atoms with E-state index in [1.165, 1.54) is 0 Å². The molecule has 0 saturated heterocycles. The van der Waals surface area contributed by atoms with Crippen molar-refractivity contribution in [3.63, 3.8) is 0 Å². The molecule has 6 heteroatoms. The molecule has 21 heavy (non-hydrogen) atoms. The van der Waals surface area contributed by atoms with Gasteiger partial charge in [0.05, 0.1) is 7.11 Å². The van der Waals surface area contributed by atoms with E-state index >= 15 is 0 Å². The molecule has 5 nitrogen and oxygen atoms in total. The number of methoxy groups -OCH3 is 1. The van der Waals surface area contributed by atoms with E-state index < -0.39 is 0 Å². The molecule has 112 valence electrons. The minimum absolute atomic E-state index is 0.0358. The summed E-state index contributed by atoms with van der Waals surface area (Å²) in [7, 11) is 1.62. The van der Waals surface area contributed by atoms with Crippen LogP contribution in [0.5, 0.6) is 5.75 Å². The topological polar surface area (TPSA) is 64.1 Å². The van der Waals surface area contributed by atoms with Gasteiger partial charge in [0.15, 0.2) is 0 Å². The van der Waals surface area contributed by atoms with E-state index in [1.807, 2.05) is 24.3 Å². The third kappa shape index (κ3) is 4.01. The number of nitrogens with one attached hydrogen (secondary N) is 1. The summed E-state index contributed by atoms with van der Waals surface area (Å²) < 4.78 is 9.03. The normalized spacial score (nSPS) is 11.2. The highest BCUT2D eigenvalue weighted by Crippen LogP contribution is 2.26. The molecule has 1 aromatic heterocycles. The number of carbonyl (C=O) groups is 1. The minimum Gasteiger partial charge on any atom is -0.497 e. The zero-order chi connectivity index (χ0) is 15.5. The van der Waals surface area contributed by atoms with Crippen LogP contribution in [0.25, 0.3) is 11.3 Å². The first-order chi connectivity index (χ1) is 9.90. The third-order valence-corrected chi connectivity index (χ3v) is 3.56. The molecule has 0 aliphatic heterocycles. The Morgan fingerprint density at radius 3 is 2.52 bits per heavy atom. The highest BCUT2D eigenvalue weighted by Gasteiger charge is 2.19. The molecule has 1 amide bonds. The van der Waals surface area contributed by atoms with E-state index in [4.69, 9.17) is 4.74 Å². The molecule has 0 spiro atoms. The fraction of sp³-hybridized carbons (Fsp3) is 0.400. The summed E-state index contributed by atoms with van der Waals surface area (Å²) in [5.74, 6) is 0.631. The lowest BCUT2D eigenvalue weighted by Gasteiger charge is -2.18. The number of ether oxygens (including phenoxy) is 1. The van der Waals surface area contributed by atoms with Crippen LogP contribution in [-0.2, 0) is 0 Å². The second-order valence-corrected chi connectivity index (χ2v) is 6.68. The van der Waals surface area contributed by atoms with Gasteiger partial charge in [-0.2, -0.15) is 0 Å². The van der Waals surface area contributed by atoms with Gasteiger partial charge in [-0.1, -0.05) is 25.3 Å². The Morgan fingerprint density at radius 1 is 1.29 bits per heavy atom. The summed E-state index contributed by atoms with van der Waals surface area (Å²) in [5, 5.41) is 7.00. The average Bonchev–Trinajstić information content (AvgIpc) is 2.93. The quantitative estimate of drug-likeness (QED) is 0.943. The molecule has 1 aromatic carbocycles. The molecular weight excluding hydrogens is 286 g/mol. The van der Waals surface area contributed by atoms with E-state index in [2.05, 4.69) is 35.7 Å². The molecule has 0 fully saturated rings. The maximum absolute atomic E-state index is 12.3. The Kier molecular flexibility index (Phi) is 4.57. The average molecular weight is 305 g/mol. The van der Waals surface area contributed by atoms with E-state index in [9.17, 15) is 4.79 Å². The van der Waals surface area contributed by atoms with Gasteiger partial charge in [-0.25, -0.2) is 0 Å². The van der Waals surface area contributed by atoms with Gasteiger partial charge >= 0.3 is 0 Å². The molecule has 1 heterocycles. The molecule has 0 saturated carbocycles. The molecule has 0 bridgehead atoms. The Balaban J connectivity index is 2.19. The zero-order valence-electron chi connectivity index (χ0n) is 12.6. The first-order valence-corrected chi connectivity index (χ1v) is 7.43. The number of hydrogen-bond acceptors (Lipinski definition) is 5. The van der Waals surface area contributed by atoms with E-state index in [0.29, 0.717) is 17.1 Å². The van der Waals surface area contributed by atoms with Gasteiger partial charge in [0.1, 0.15) is 16.3 Å². The van der Waals surface area contributed by atoms with Gasteiger partial charge in [0.25, 0.3) is 5.91 Å². The Hall–Kier alpha value is -1.95. The summed E-state index contributed by atoms with van der Waals surface area (Å²) in [5.41, 5.74) is 1.49. The van der Waals surface area contributed by atoms with Crippen LogP contribution in [0.1, 0.15) is 30.4 Å². The van der Waals surface area contributed by atoms with Gasteiger partial charge < -0.3 is 10.1 Å². The van der Waals surface area contributed by atoms with E-state index in [1.54, 1.807) is 7.11 Å². The van der Waals surface area contributed by atoms with Crippen LogP contribution in [0, 0.1) is 5.41 Å². The standard InChI is InChI=1S/C15H19N3O2S/c1-15(2,3)9-16-14(19)13-12(17-18-21-13)10-5-7-11(20-4)8-6-10/h5-8H,9H2,1-4H3,(H,16,19). The zero-order valence-corrected chi connectivity index (χ0v) is 13.5. The largest absolute Gasteiger partial charge is 0.497 e. The fourth-order valence-electron chi connectivity index (χ4n) is 1.70. The number of amides is 1. The van der Waals surface area contributed by atoms with E-state index in [-0.39, 0.29) is 11.3 Å². The molecule has 2 rings (SSSR count). The Morgan fingerprint density at radius 2 is 1.95 bits per heavy atom. The number of nitrogens with zero attached hydrogens (tertiary/aromatic N) is 2. The van der Waals surface area contributed by atoms with Crippen molar-refractivity contribution in [2.24, 2.45) is 5.41 Å². The Bertz CT molecular complexity index is 615. The van der Waals surface area contributed by atoms with Crippen molar-refractivity contribution in [2.45, 2.75) is 20.8 Å². The maximum atomic E-state index is 12.3. The second-order valence-electron chi connectivity index (χ2n) is 5.92. The molecular formula is C15H19N3O2S. The van der Waals surface area contributed by atoms with Crippen LogP contribution < -0.4 is 10.1 Å². The van der Waals surface area contributed by atoms with Crippen LogP contribution in [0.4, 0.5) is 0 Å². The van der Waals surface area contributed by atoms with Crippen molar-refractivity contribution in [3.05, 3.63) is 29.1 Å². The van der Waals surface area contributed by atoms with E-state index in [0.717, 1.165) is 22.8 Å². The molecule has 0 aliphatic carbocycles. The molecule has 0 aliphatic rings. The Labute approximate surface area is 128 Å². The molecule has 0 atom stereocenters. The van der Waals surface area contributed by atoms with Crippen molar-refractivity contribution in [1.82, 2.24) is 14.9 Å². The predicted octanol–water partition coefficient (Wildman–Crippen LogP) is 2.99. The van der Waals surface area contributed by atoms with Crippen molar-refractivity contribution in [2.75, 3.05) is 13.7 Å². The number of carbonyl (C=O) groups excluding carboxylic acids is 1. The highest BCUT2D eigenvalue weighted by atomic mass is 32.1. The molecule has 1 N–H and O–H groups in total. The van der Waals surface area contributed by atoms with Gasteiger partial charge in [-0.15, -0.1) is 5.10 Å². The predicted molar refractivity (Wildman–Crippen MR) is 83.7 cm³/mol. The lowest BCUT2D eigenvalue weighted by Crippen LogP contribution is -2.32. The molecule has 0 unspecified atom stereocenters. The van der Waals surface area contributed by atoms with Crippen molar-refractivity contribution >= 4 is 17.4 Å². The van der Waals surface area contributed by atoms with Crippen LogP contribution >= 0.6 is 11.5 Å². The summed E-state index contributed by atoms with van der Waals surface area (Å²) in [6, 6.07) is 7.42. The number of benzene rings is 1. The summed E-state index contributed by atoms with van der Waals surface area (Å²) in [4.78, 5) is 12.8. The number of aromatic nitrogens is 2.